The zero-order valence-electron chi connectivity index (χ0n) is 12.5. The van der Waals surface area contributed by atoms with Gasteiger partial charge in [-0.2, -0.15) is 9.67 Å². The number of fused-ring (bicyclic) bond motifs is 1. The molecule has 2 N–H and O–H groups in total. The van der Waals surface area contributed by atoms with Crippen molar-refractivity contribution < 1.29 is 9.84 Å². The molecule has 1 aliphatic rings. The lowest BCUT2D eigenvalue weighted by molar-refractivity contribution is 0.0834. The van der Waals surface area contributed by atoms with E-state index in [4.69, 9.17) is 4.74 Å². The zero-order valence-corrected chi connectivity index (χ0v) is 12.5. The summed E-state index contributed by atoms with van der Waals surface area (Å²) in [6.45, 7) is 0. The molecule has 1 aliphatic carbocycles. The average Bonchev–Trinajstić information content (AvgIpc) is 2.97. The van der Waals surface area contributed by atoms with Gasteiger partial charge in [0.25, 0.3) is 0 Å². The van der Waals surface area contributed by atoms with E-state index in [0.717, 1.165) is 24.3 Å². The Kier molecular flexibility index (Phi) is 3.30. The Morgan fingerprint density at radius 2 is 2.04 bits per heavy atom. The molecule has 0 aliphatic heterocycles. The minimum atomic E-state index is -0.220. The van der Waals surface area contributed by atoms with Gasteiger partial charge in [-0.05, 0) is 37.1 Å². The maximum Gasteiger partial charge on any atom is 0.225 e. The van der Waals surface area contributed by atoms with Crippen molar-refractivity contribution in [3.63, 3.8) is 0 Å². The summed E-state index contributed by atoms with van der Waals surface area (Å²) in [5.41, 5.74) is 2.10. The van der Waals surface area contributed by atoms with Gasteiger partial charge in [-0.1, -0.05) is 5.21 Å². The van der Waals surface area contributed by atoms with Crippen LogP contribution in [-0.2, 0) is 0 Å². The number of nitrogens with zero attached hydrogens (tertiary/aromatic N) is 5. The van der Waals surface area contributed by atoms with Gasteiger partial charge < -0.3 is 15.2 Å². The van der Waals surface area contributed by atoms with E-state index in [1.807, 2.05) is 24.3 Å². The quantitative estimate of drug-likeness (QED) is 0.745. The van der Waals surface area contributed by atoms with Gasteiger partial charge in [0.15, 0.2) is 11.2 Å². The molecule has 118 valence electrons. The fourth-order valence-electron chi connectivity index (χ4n) is 2.58. The third-order valence-corrected chi connectivity index (χ3v) is 3.96. The van der Waals surface area contributed by atoms with Crippen molar-refractivity contribution in [2.45, 2.75) is 25.0 Å². The Morgan fingerprint density at radius 1 is 1.26 bits per heavy atom. The molecule has 2 aromatic heterocycles. The van der Waals surface area contributed by atoms with Crippen molar-refractivity contribution in [2.24, 2.45) is 0 Å². The monoisotopic (exact) mass is 312 g/mol. The van der Waals surface area contributed by atoms with Gasteiger partial charge in [0.1, 0.15) is 5.75 Å². The largest absolute Gasteiger partial charge is 0.497 e. The SMILES string of the molecule is COc1ccc(-n2nnc3cnc(N[C@H]4C[C@@H](O)C4)nc32)cc1. The number of hydrogen-bond donors (Lipinski definition) is 2. The summed E-state index contributed by atoms with van der Waals surface area (Å²) < 4.78 is 6.83. The Bertz CT molecular complexity index is 826. The first-order valence-electron chi connectivity index (χ1n) is 7.40. The fourth-order valence-corrected chi connectivity index (χ4v) is 2.58. The van der Waals surface area contributed by atoms with Gasteiger partial charge in [-0.3, -0.25) is 0 Å². The first-order chi connectivity index (χ1) is 11.2. The molecule has 1 aromatic carbocycles. The van der Waals surface area contributed by atoms with Crippen molar-refractivity contribution in [1.82, 2.24) is 25.0 Å². The summed E-state index contributed by atoms with van der Waals surface area (Å²) in [5, 5.41) is 20.8. The number of aliphatic hydroxyl groups excluding tert-OH is 1. The molecule has 0 unspecified atom stereocenters. The molecular formula is C15H16N6O2. The second-order valence-electron chi connectivity index (χ2n) is 5.57. The smallest absolute Gasteiger partial charge is 0.225 e. The summed E-state index contributed by atoms with van der Waals surface area (Å²) in [6, 6.07) is 7.72. The first-order valence-corrected chi connectivity index (χ1v) is 7.40. The summed E-state index contributed by atoms with van der Waals surface area (Å²) in [6.07, 6.45) is 2.87. The van der Waals surface area contributed by atoms with Gasteiger partial charge in [0, 0.05) is 6.04 Å². The fraction of sp³-hybridized carbons (Fsp3) is 0.333. The van der Waals surface area contributed by atoms with Crippen LogP contribution >= 0.6 is 0 Å². The highest BCUT2D eigenvalue weighted by Gasteiger charge is 2.27. The molecule has 0 bridgehead atoms. The maximum atomic E-state index is 9.36. The molecule has 4 rings (SSSR count). The predicted octanol–water partition coefficient (Wildman–Crippen LogP) is 1.15. The normalized spacial score (nSPS) is 20.3. The Labute approximate surface area is 132 Å². The zero-order chi connectivity index (χ0) is 15.8. The first kappa shape index (κ1) is 13.9. The lowest BCUT2D eigenvalue weighted by atomic mass is 9.90. The van der Waals surface area contributed by atoms with Gasteiger partial charge >= 0.3 is 0 Å². The molecule has 2 heterocycles. The van der Waals surface area contributed by atoms with Crippen LogP contribution in [0.1, 0.15) is 12.8 Å². The second kappa shape index (κ2) is 5.47. The van der Waals surface area contributed by atoms with Crippen LogP contribution in [0.4, 0.5) is 5.95 Å². The number of hydrogen-bond acceptors (Lipinski definition) is 7. The second-order valence-corrected chi connectivity index (χ2v) is 5.57. The molecule has 8 nitrogen and oxygen atoms in total. The van der Waals surface area contributed by atoms with Crippen LogP contribution in [0.2, 0.25) is 0 Å². The van der Waals surface area contributed by atoms with Crippen molar-refractivity contribution >= 4 is 17.1 Å². The van der Waals surface area contributed by atoms with Crippen LogP contribution in [0.15, 0.2) is 30.5 Å². The molecule has 3 aromatic rings. The topological polar surface area (TPSA) is 98.0 Å². The predicted molar refractivity (Wildman–Crippen MR) is 83.7 cm³/mol. The summed E-state index contributed by atoms with van der Waals surface area (Å²) >= 11 is 0. The Morgan fingerprint density at radius 3 is 2.74 bits per heavy atom. The third-order valence-electron chi connectivity index (χ3n) is 3.96. The molecule has 0 amide bonds. The van der Waals surface area contributed by atoms with Gasteiger partial charge in [0.05, 0.1) is 25.1 Å². The number of anilines is 1. The molecule has 0 radical (unpaired) electrons. The molecule has 0 saturated heterocycles. The number of rotatable bonds is 4. The summed E-state index contributed by atoms with van der Waals surface area (Å²) in [4.78, 5) is 8.75. The number of ether oxygens (including phenoxy) is 1. The van der Waals surface area contributed by atoms with Crippen LogP contribution in [0.25, 0.3) is 16.9 Å². The Hall–Kier alpha value is -2.74. The highest BCUT2D eigenvalue weighted by molar-refractivity contribution is 5.72. The van der Waals surface area contributed by atoms with Crippen LogP contribution in [0.3, 0.4) is 0 Å². The summed E-state index contributed by atoms with van der Waals surface area (Å²) in [5.74, 6) is 1.30. The van der Waals surface area contributed by atoms with E-state index in [1.165, 1.54) is 0 Å². The highest BCUT2D eigenvalue weighted by atomic mass is 16.5. The van der Waals surface area contributed by atoms with Crippen molar-refractivity contribution in [3.8, 4) is 11.4 Å². The molecular weight excluding hydrogens is 296 g/mol. The van der Waals surface area contributed by atoms with Crippen LogP contribution < -0.4 is 10.1 Å². The lowest BCUT2D eigenvalue weighted by Crippen LogP contribution is -2.39. The van der Waals surface area contributed by atoms with Crippen molar-refractivity contribution in [3.05, 3.63) is 30.5 Å². The molecule has 1 saturated carbocycles. The minimum Gasteiger partial charge on any atom is -0.497 e. The van der Waals surface area contributed by atoms with Crippen LogP contribution in [-0.4, -0.2) is 49.3 Å². The van der Waals surface area contributed by atoms with Gasteiger partial charge in [-0.15, -0.1) is 5.10 Å². The van der Waals surface area contributed by atoms with E-state index in [2.05, 4.69) is 25.6 Å². The maximum absolute atomic E-state index is 9.36. The third kappa shape index (κ3) is 2.57. The lowest BCUT2D eigenvalue weighted by Gasteiger charge is -2.31. The van der Waals surface area contributed by atoms with Crippen molar-refractivity contribution in [2.75, 3.05) is 12.4 Å². The summed E-state index contributed by atoms with van der Waals surface area (Å²) in [7, 11) is 1.63. The number of aliphatic hydroxyl groups is 1. The highest BCUT2D eigenvalue weighted by Crippen LogP contribution is 2.23. The van der Waals surface area contributed by atoms with E-state index in [1.54, 1.807) is 18.0 Å². The van der Waals surface area contributed by atoms with E-state index < -0.39 is 0 Å². The molecule has 23 heavy (non-hydrogen) atoms. The van der Waals surface area contributed by atoms with E-state index in [9.17, 15) is 5.11 Å². The molecule has 1 fully saturated rings. The van der Waals surface area contributed by atoms with E-state index in [0.29, 0.717) is 17.1 Å². The molecule has 8 heteroatoms. The number of benzene rings is 1. The van der Waals surface area contributed by atoms with Crippen molar-refractivity contribution in [1.29, 1.82) is 0 Å². The van der Waals surface area contributed by atoms with Gasteiger partial charge in [0.2, 0.25) is 5.95 Å². The Balaban J connectivity index is 1.66. The molecule has 0 spiro atoms. The number of aromatic nitrogens is 5. The van der Waals surface area contributed by atoms with Crippen LogP contribution in [0.5, 0.6) is 5.75 Å². The van der Waals surface area contributed by atoms with E-state index >= 15 is 0 Å². The number of methoxy groups -OCH3 is 1. The van der Waals surface area contributed by atoms with E-state index in [-0.39, 0.29) is 12.1 Å². The standard InChI is InChI=1S/C15H16N6O2/c1-23-12-4-2-10(3-5-12)21-14-13(19-20-21)8-16-15(18-14)17-9-6-11(22)7-9/h2-5,8-9,11,22H,6-7H2,1H3,(H,16,17,18)/t9-,11+. The van der Waals surface area contributed by atoms with Crippen LogP contribution in [0, 0.1) is 0 Å². The number of nitrogens with one attached hydrogen (secondary N) is 1. The average molecular weight is 312 g/mol. The minimum absolute atomic E-state index is 0.216. The molecule has 0 atom stereocenters. The van der Waals surface area contributed by atoms with Gasteiger partial charge in [-0.25, -0.2) is 4.98 Å².